The fraction of sp³-hybridized carbons (Fsp3) is 0.188. The normalized spacial score (nSPS) is 21.8. The lowest BCUT2D eigenvalue weighted by Crippen LogP contribution is -2.20. The van der Waals surface area contributed by atoms with Crippen molar-refractivity contribution < 1.29 is 6.85 Å². The number of aliphatic imine (C=N–C) groups is 1. The van der Waals surface area contributed by atoms with E-state index in [2.05, 4.69) is 4.99 Å². The van der Waals surface area contributed by atoms with E-state index in [4.69, 9.17) is 18.5 Å². The first-order valence-electron chi connectivity index (χ1n) is 8.40. The molecule has 1 heterocycles. The first kappa shape index (κ1) is 7.71. The summed E-state index contributed by atoms with van der Waals surface area (Å²) in [6.45, 7) is -5.08. The Hall–Kier alpha value is -1.80. The molecule has 3 heteroatoms. The maximum absolute atomic E-state index is 8.21. The molecular weight excluding hydrogens is 257 g/mol. The van der Waals surface area contributed by atoms with Crippen molar-refractivity contribution in [2.45, 2.75) is 0 Å². The maximum Gasteiger partial charge on any atom is 0.0741 e. The summed E-state index contributed by atoms with van der Waals surface area (Å²) in [6.07, 6.45) is 0. The minimum absolute atomic E-state index is 0.254. The summed E-state index contributed by atoms with van der Waals surface area (Å²) in [5.74, 6) is 0. The highest BCUT2D eigenvalue weighted by molar-refractivity contribution is 6.31. The van der Waals surface area contributed by atoms with Crippen LogP contribution in [0.4, 0.5) is 5.69 Å². The molecule has 0 fully saturated rings. The lowest BCUT2D eigenvalue weighted by molar-refractivity contribution is 0.896. The van der Waals surface area contributed by atoms with Crippen LogP contribution >= 0.6 is 11.6 Å². The van der Waals surface area contributed by atoms with Crippen molar-refractivity contribution in [3.63, 3.8) is 0 Å². The number of hydrogen-bond acceptors (Lipinski definition) is 2. The zero-order valence-corrected chi connectivity index (χ0v) is 10.9. The SMILES string of the molecule is [2H]C1([2H])CN=C(c2ccccc2)c2cc(Cl)ccc2N1[13C]([2H])([2H])[2H]. The molecule has 2 nitrogen and oxygen atoms in total. The first-order chi connectivity index (χ1) is 11.2. The summed E-state index contributed by atoms with van der Waals surface area (Å²) in [6, 6.07) is 14.0. The minimum atomic E-state index is -2.65. The Morgan fingerprint density at radius 1 is 1.26 bits per heavy atom. The molecule has 3 rings (SSSR count). The Labute approximate surface area is 125 Å². The predicted molar refractivity (Wildman–Crippen MR) is 81.7 cm³/mol. The molecular formula is C16H15ClN2. The van der Waals surface area contributed by atoms with Gasteiger partial charge in [0.2, 0.25) is 0 Å². The molecule has 19 heavy (non-hydrogen) atoms. The Morgan fingerprint density at radius 2 is 2.11 bits per heavy atom. The van der Waals surface area contributed by atoms with E-state index in [0.29, 0.717) is 16.3 Å². The molecule has 2 aromatic rings. The fourth-order valence-electron chi connectivity index (χ4n) is 2.09. The van der Waals surface area contributed by atoms with Gasteiger partial charge < -0.3 is 4.90 Å². The van der Waals surface area contributed by atoms with Gasteiger partial charge in [0.1, 0.15) is 0 Å². The molecule has 1 aliphatic rings. The topological polar surface area (TPSA) is 15.6 Å². The van der Waals surface area contributed by atoms with Crippen LogP contribution in [0.2, 0.25) is 5.02 Å². The molecule has 1 aliphatic heterocycles. The molecule has 0 unspecified atom stereocenters. The smallest absolute Gasteiger partial charge is 0.0741 e. The van der Waals surface area contributed by atoms with Gasteiger partial charge in [-0.1, -0.05) is 41.9 Å². The summed E-state index contributed by atoms with van der Waals surface area (Å²) in [5, 5.41) is 0.435. The number of anilines is 1. The van der Waals surface area contributed by atoms with Gasteiger partial charge in [0.15, 0.2) is 0 Å². The molecule has 0 amide bonds. The Morgan fingerprint density at radius 3 is 2.89 bits per heavy atom. The van der Waals surface area contributed by atoms with Gasteiger partial charge in [-0.25, -0.2) is 0 Å². The minimum Gasteiger partial charge on any atom is -0.372 e. The van der Waals surface area contributed by atoms with Crippen LogP contribution in [0.5, 0.6) is 0 Å². The highest BCUT2D eigenvalue weighted by Gasteiger charge is 2.17. The first-order valence-corrected chi connectivity index (χ1v) is 6.28. The number of benzene rings is 2. The Balaban J connectivity index is 2.28. The summed E-state index contributed by atoms with van der Waals surface area (Å²) in [4.78, 5) is 5.19. The van der Waals surface area contributed by atoms with Crippen molar-refractivity contribution in [1.29, 1.82) is 0 Å². The van der Waals surface area contributed by atoms with Gasteiger partial charge in [0, 0.05) is 39.4 Å². The molecule has 0 bridgehead atoms. The van der Waals surface area contributed by atoms with Gasteiger partial charge in [0.05, 0.1) is 15.0 Å². The molecule has 0 saturated carbocycles. The van der Waals surface area contributed by atoms with Crippen LogP contribution in [0.3, 0.4) is 0 Å². The molecule has 2 aromatic carbocycles. The Bertz CT molecular complexity index is 787. The molecule has 0 N–H and O–H groups in total. The van der Waals surface area contributed by atoms with Gasteiger partial charge in [-0.15, -0.1) is 0 Å². The second kappa shape index (κ2) is 5.06. The number of likely N-dealkylation sites (N-methyl/N-ethyl adjacent to an activating group) is 1. The second-order valence-electron chi connectivity index (χ2n) is 4.19. The number of nitrogens with zero attached hydrogens (tertiary/aromatic N) is 2. The molecule has 0 saturated heterocycles. The van der Waals surface area contributed by atoms with E-state index >= 15 is 0 Å². The molecule has 0 atom stereocenters. The average molecular weight is 277 g/mol. The molecule has 0 aliphatic carbocycles. The highest BCUT2D eigenvalue weighted by Crippen LogP contribution is 2.28. The van der Waals surface area contributed by atoms with Gasteiger partial charge in [-0.2, -0.15) is 0 Å². The van der Waals surface area contributed by atoms with Crippen LogP contribution in [0.15, 0.2) is 53.5 Å². The molecule has 0 radical (unpaired) electrons. The quantitative estimate of drug-likeness (QED) is 0.726. The molecule has 0 aromatic heterocycles. The summed E-state index contributed by atoms with van der Waals surface area (Å²) < 4.78 is 39.7. The van der Waals surface area contributed by atoms with Gasteiger partial charge in [0.25, 0.3) is 0 Å². The lowest BCUT2D eigenvalue weighted by Gasteiger charge is -2.19. The summed E-state index contributed by atoms with van der Waals surface area (Å²) in [5.41, 5.74) is 2.07. The summed E-state index contributed by atoms with van der Waals surface area (Å²) in [7, 11) is 0. The summed E-state index contributed by atoms with van der Waals surface area (Å²) >= 11 is 6.11. The Kier molecular flexibility index (Phi) is 2.05. The second-order valence-corrected chi connectivity index (χ2v) is 4.62. The lowest BCUT2D eigenvalue weighted by atomic mass is 10.0. The van der Waals surface area contributed by atoms with Gasteiger partial charge in [-0.3, -0.25) is 4.99 Å². The van der Waals surface area contributed by atoms with Crippen molar-refractivity contribution in [3.05, 3.63) is 64.7 Å². The fourth-order valence-corrected chi connectivity index (χ4v) is 2.26. The van der Waals surface area contributed by atoms with Crippen molar-refractivity contribution in [3.8, 4) is 0 Å². The van der Waals surface area contributed by atoms with Crippen molar-refractivity contribution in [2.24, 2.45) is 4.99 Å². The van der Waals surface area contributed by atoms with E-state index in [0.717, 1.165) is 10.5 Å². The molecule has 96 valence electrons. The van der Waals surface area contributed by atoms with Crippen molar-refractivity contribution in [2.75, 3.05) is 24.9 Å². The van der Waals surface area contributed by atoms with Crippen LogP contribution < -0.4 is 4.90 Å². The van der Waals surface area contributed by atoms with E-state index in [1.165, 1.54) is 6.07 Å². The predicted octanol–water partition coefficient (Wildman–Crippen LogP) is 3.63. The number of benzodiazepines with no additional fused rings is 1. The van der Waals surface area contributed by atoms with Crippen LogP contribution in [0.1, 0.15) is 18.0 Å². The third-order valence-electron chi connectivity index (χ3n) is 2.97. The van der Waals surface area contributed by atoms with E-state index in [-0.39, 0.29) is 12.2 Å². The van der Waals surface area contributed by atoms with E-state index in [1.807, 2.05) is 30.3 Å². The third-order valence-corrected chi connectivity index (χ3v) is 3.20. The zero-order chi connectivity index (χ0) is 17.5. The van der Waals surface area contributed by atoms with Crippen molar-refractivity contribution in [1.82, 2.24) is 0 Å². The van der Waals surface area contributed by atoms with Crippen LogP contribution in [0.25, 0.3) is 0 Å². The standard InChI is InChI=1S/C16H15ClN2/c1-19-10-9-18-16(12-5-3-2-4-6-12)14-11-13(17)7-8-15(14)19/h2-8,11H,9-10H2,1H3/i1+1D3,10D2. The zero-order valence-electron chi connectivity index (χ0n) is 15.1. The number of hydrogen-bond donors (Lipinski definition) is 0. The highest BCUT2D eigenvalue weighted by atomic mass is 35.5. The largest absolute Gasteiger partial charge is 0.372 e. The monoisotopic (exact) mass is 276 g/mol. The number of rotatable bonds is 1. The van der Waals surface area contributed by atoms with Gasteiger partial charge in [-0.05, 0) is 18.2 Å². The van der Waals surface area contributed by atoms with Crippen LogP contribution in [-0.2, 0) is 0 Å². The maximum atomic E-state index is 8.21. The van der Waals surface area contributed by atoms with Gasteiger partial charge >= 0.3 is 0 Å². The van der Waals surface area contributed by atoms with Crippen LogP contribution in [-0.4, -0.2) is 25.7 Å². The number of halogens is 1. The van der Waals surface area contributed by atoms with E-state index < -0.39 is 13.5 Å². The average Bonchev–Trinajstić information content (AvgIpc) is 2.60. The van der Waals surface area contributed by atoms with Crippen LogP contribution in [0, 0.1) is 0 Å². The van der Waals surface area contributed by atoms with E-state index in [1.54, 1.807) is 12.1 Å². The third kappa shape index (κ3) is 2.36. The number of fused-ring (bicyclic) bond motifs is 1. The molecule has 0 spiro atoms. The van der Waals surface area contributed by atoms with E-state index in [9.17, 15) is 0 Å². The van der Waals surface area contributed by atoms with Crippen molar-refractivity contribution >= 4 is 23.0 Å².